The van der Waals surface area contributed by atoms with E-state index in [4.69, 9.17) is 10.2 Å². The van der Waals surface area contributed by atoms with Crippen LogP contribution in [0.2, 0.25) is 0 Å². The van der Waals surface area contributed by atoms with Crippen LogP contribution in [0.4, 0.5) is 5.69 Å². The normalized spacial score (nSPS) is 11.1. The number of fused-ring (bicyclic) bond motifs is 1. The van der Waals surface area contributed by atoms with Crippen LogP contribution >= 0.6 is 11.8 Å². The lowest BCUT2D eigenvalue weighted by Gasteiger charge is -1.99. The zero-order valence-electron chi connectivity index (χ0n) is 10.5. The number of oxazole rings is 1. The number of nitrogens with two attached hydrogens (primary N) is 1. The Morgan fingerprint density at radius 1 is 1.11 bits per heavy atom. The van der Waals surface area contributed by atoms with Crippen LogP contribution in [0.5, 0.6) is 0 Å². The van der Waals surface area contributed by atoms with Crippen LogP contribution in [0.25, 0.3) is 11.1 Å². The maximum atomic E-state index is 5.85. The largest absolute Gasteiger partial charge is 0.431 e. The molecule has 0 fully saturated rings. The molecule has 1 aromatic carbocycles. The van der Waals surface area contributed by atoms with E-state index in [1.165, 1.54) is 11.8 Å². The van der Waals surface area contributed by atoms with Crippen LogP contribution in [-0.2, 0) is 0 Å². The number of para-hydroxylation sites is 1. The minimum absolute atomic E-state index is 0.498. The second kappa shape index (κ2) is 4.55. The third-order valence-electron chi connectivity index (χ3n) is 2.57. The number of nitrogens with zero attached hydrogens (tertiary/aromatic N) is 3. The Morgan fingerprint density at radius 3 is 2.53 bits per heavy atom. The van der Waals surface area contributed by atoms with Gasteiger partial charge in [0, 0.05) is 23.1 Å². The molecule has 3 rings (SSSR count). The van der Waals surface area contributed by atoms with E-state index < -0.39 is 0 Å². The second-order valence-electron chi connectivity index (χ2n) is 4.21. The second-order valence-corrected chi connectivity index (χ2v) is 5.13. The van der Waals surface area contributed by atoms with Gasteiger partial charge < -0.3 is 10.2 Å². The lowest BCUT2D eigenvalue weighted by atomic mass is 10.3. The third kappa shape index (κ3) is 2.39. The SMILES string of the molecule is Cc1cc(C)nc(Sc2nc3c(N)cccc3o2)n1. The number of aromatic nitrogens is 3. The fourth-order valence-corrected chi connectivity index (χ4v) is 2.61. The summed E-state index contributed by atoms with van der Waals surface area (Å²) in [7, 11) is 0. The standard InChI is InChI=1S/C13H12N4OS/c1-7-6-8(2)16-12(15-7)19-13-17-11-9(14)4-3-5-10(11)18-13/h3-6H,14H2,1-2H3. The van der Waals surface area contributed by atoms with E-state index in [2.05, 4.69) is 15.0 Å². The molecule has 2 aromatic heterocycles. The van der Waals surface area contributed by atoms with Crippen LogP contribution in [0, 0.1) is 13.8 Å². The highest BCUT2D eigenvalue weighted by molar-refractivity contribution is 7.98. The van der Waals surface area contributed by atoms with Crippen LogP contribution in [0.3, 0.4) is 0 Å². The van der Waals surface area contributed by atoms with Gasteiger partial charge in [0.1, 0.15) is 5.52 Å². The van der Waals surface area contributed by atoms with E-state index in [1.54, 1.807) is 6.07 Å². The number of hydrogen-bond donors (Lipinski definition) is 1. The van der Waals surface area contributed by atoms with Crippen molar-refractivity contribution in [1.82, 2.24) is 15.0 Å². The molecule has 0 aliphatic rings. The predicted molar refractivity (Wildman–Crippen MR) is 74.1 cm³/mol. The number of nitrogen functional groups attached to an aromatic ring is 1. The van der Waals surface area contributed by atoms with Crippen molar-refractivity contribution in [3.05, 3.63) is 35.7 Å². The first-order valence-corrected chi connectivity index (χ1v) is 6.58. The van der Waals surface area contributed by atoms with Gasteiger partial charge in [-0.05, 0) is 32.0 Å². The van der Waals surface area contributed by atoms with Gasteiger partial charge in [0.05, 0.1) is 5.69 Å². The first-order valence-electron chi connectivity index (χ1n) is 5.77. The Hall–Kier alpha value is -2.08. The summed E-state index contributed by atoms with van der Waals surface area (Å²) in [5, 5.41) is 1.13. The molecule has 0 saturated heterocycles. The van der Waals surface area contributed by atoms with Gasteiger partial charge in [0.2, 0.25) is 0 Å². The number of hydrogen-bond acceptors (Lipinski definition) is 6. The van der Waals surface area contributed by atoms with Gasteiger partial charge in [-0.3, -0.25) is 0 Å². The topological polar surface area (TPSA) is 77.8 Å². The summed E-state index contributed by atoms with van der Waals surface area (Å²) in [4.78, 5) is 13.0. The van der Waals surface area contributed by atoms with Crippen molar-refractivity contribution < 1.29 is 4.42 Å². The maximum absolute atomic E-state index is 5.85. The summed E-state index contributed by atoms with van der Waals surface area (Å²) < 4.78 is 5.62. The van der Waals surface area contributed by atoms with Crippen molar-refractivity contribution in [3.63, 3.8) is 0 Å². The molecule has 0 spiro atoms. The fourth-order valence-electron chi connectivity index (χ4n) is 1.81. The minimum atomic E-state index is 0.498. The van der Waals surface area contributed by atoms with Crippen LogP contribution in [0.15, 0.2) is 39.1 Å². The number of benzene rings is 1. The molecule has 0 amide bonds. The average Bonchev–Trinajstić information content (AvgIpc) is 2.71. The van der Waals surface area contributed by atoms with Gasteiger partial charge in [-0.2, -0.15) is 0 Å². The molecule has 5 nitrogen and oxygen atoms in total. The Morgan fingerprint density at radius 2 is 1.84 bits per heavy atom. The summed E-state index contributed by atoms with van der Waals surface area (Å²) in [5.74, 6) is 0. The van der Waals surface area contributed by atoms with Gasteiger partial charge in [-0.1, -0.05) is 6.07 Å². The van der Waals surface area contributed by atoms with Gasteiger partial charge in [0.15, 0.2) is 10.7 Å². The number of rotatable bonds is 2. The minimum Gasteiger partial charge on any atom is -0.431 e. The Labute approximate surface area is 114 Å². The van der Waals surface area contributed by atoms with Gasteiger partial charge in [-0.15, -0.1) is 0 Å². The fraction of sp³-hybridized carbons (Fsp3) is 0.154. The van der Waals surface area contributed by atoms with E-state index >= 15 is 0 Å². The van der Waals surface area contributed by atoms with Crippen LogP contribution in [-0.4, -0.2) is 15.0 Å². The molecule has 2 heterocycles. The van der Waals surface area contributed by atoms with Crippen molar-refractivity contribution >= 4 is 28.5 Å². The zero-order chi connectivity index (χ0) is 13.4. The highest BCUT2D eigenvalue weighted by atomic mass is 32.2. The van der Waals surface area contributed by atoms with E-state index in [9.17, 15) is 0 Å². The monoisotopic (exact) mass is 272 g/mol. The smallest absolute Gasteiger partial charge is 0.264 e. The summed E-state index contributed by atoms with van der Waals surface area (Å²) in [6, 6.07) is 7.40. The van der Waals surface area contributed by atoms with Crippen LogP contribution in [0.1, 0.15) is 11.4 Å². The van der Waals surface area contributed by atoms with Crippen molar-refractivity contribution in [2.45, 2.75) is 24.2 Å². The molecule has 6 heteroatoms. The molecule has 0 aliphatic heterocycles. The molecule has 0 aliphatic carbocycles. The molecule has 19 heavy (non-hydrogen) atoms. The molecule has 0 bridgehead atoms. The first-order chi connectivity index (χ1) is 9.11. The van der Waals surface area contributed by atoms with Crippen molar-refractivity contribution in [3.8, 4) is 0 Å². The highest BCUT2D eigenvalue weighted by Gasteiger charge is 2.11. The predicted octanol–water partition coefficient (Wildman–Crippen LogP) is 2.97. The van der Waals surface area contributed by atoms with Gasteiger partial charge in [0.25, 0.3) is 5.22 Å². The van der Waals surface area contributed by atoms with Crippen molar-refractivity contribution in [2.24, 2.45) is 0 Å². The number of anilines is 1. The summed E-state index contributed by atoms with van der Waals surface area (Å²) in [6.45, 7) is 3.87. The molecule has 3 aromatic rings. The summed E-state index contributed by atoms with van der Waals surface area (Å²) in [6.07, 6.45) is 0. The lowest BCUT2D eigenvalue weighted by molar-refractivity contribution is 0.488. The highest BCUT2D eigenvalue weighted by Crippen LogP contribution is 2.29. The molecular formula is C13H12N4OS. The summed E-state index contributed by atoms with van der Waals surface area (Å²) in [5.41, 5.74) is 9.65. The molecule has 2 N–H and O–H groups in total. The summed E-state index contributed by atoms with van der Waals surface area (Å²) >= 11 is 1.29. The lowest BCUT2D eigenvalue weighted by Crippen LogP contribution is -1.92. The quantitative estimate of drug-likeness (QED) is 0.571. The molecule has 0 radical (unpaired) electrons. The molecular weight excluding hydrogens is 260 g/mol. The molecule has 0 unspecified atom stereocenters. The molecule has 96 valence electrons. The van der Waals surface area contributed by atoms with E-state index in [0.717, 1.165) is 11.4 Å². The van der Waals surface area contributed by atoms with E-state index in [-0.39, 0.29) is 0 Å². The Balaban J connectivity index is 1.99. The first kappa shape index (κ1) is 12.0. The third-order valence-corrected chi connectivity index (χ3v) is 3.29. The Kier molecular flexibility index (Phi) is 2.87. The van der Waals surface area contributed by atoms with E-state index in [1.807, 2.05) is 32.0 Å². The van der Waals surface area contributed by atoms with E-state index in [0.29, 0.717) is 27.2 Å². The van der Waals surface area contributed by atoms with Gasteiger partial charge >= 0.3 is 0 Å². The van der Waals surface area contributed by atoms with Gasteiger partial charge in [-0.25, -0.2) is 15.0 Å². The van der Waals surface area contributed by atoms with Crippen molar-refractivity contribution in [1.29, 1.82) is 0 Å². The zero-order valence-corrected chi connectivity index (χ0v) is 11.4. The Bertz CT molecular complexity index is 733. The maximum Gasteiger partial charge on any atom is 0.264 e. The molecule has 0 atom stereocenters. The molecule has 0 saturated carbocycles. The number of aryl methyl sites for hydroxylation is 2. The van der Waals surface area contributed by atoms with Crippen molar-refractivity contribution in [2.75, 3.05) is 5.73 Å². The van der Waals surface area contributed by atoms with Crippen LogP contribution < -0.4 is 5.73 Å². The average molecular weight is 272 g/mol.